The number of hydrogen-bond acceptors (Lipinski definition) is 10. The summed E-state index contributed by atoms with van der Waals surface area (Å²) in [6.45, 7) is -0.175. The van der Waals surface area contributed by atoms with Crippen molar-refractivity contribution in [2.45, 2.75) is 67.4 Å². The van der Waals surface area contributed by atoms with Crippen LogP contribution in [0.3, 0.4) is 0 Å². The number of carbonyl (C=O) groups excluding carboxylic acids is 2. The summed E-state index contributed by atoms with van der Waals surface area (Å²) in [5.41, 5.74) is 4.80. The number of amides is 2. The van der Waals surface area contributed by atoms with Crippen molar-refractivity contribution in [2.75, 3.05) is 24.7 Å². The number of thioether (sulfide) groups is 1. The maximum Gasteiger partial charge on any atom is 0.508 e. The Morgan fingerprint density at radius 1 is 1.37 bits per heavy atom. The fraction of sp³-hybridized carbons (Fsp3) is 0.583. The van der Waals surface area contributed by atoms with Crippen LogP contribution in [-0.2, 0) is 14.2 Å². The van der Waals surface area contributed by atoms with E-state index < -0.39 is 24.1 Å². The van der Waals surface area contributed by atoms with Gasteiger partial charge in [0.15, 0.2) is 5.60 Å². The Hall–Kier alpha value is -2.92. The van der Waals surface area contributed by atoms with Crippen molar-refractivity contribution in [1.82, 2.24) is 25.2 Å². The summed E-state index contributed by atoms with van der Waals surface area (Å²) in [4.78, 5) is 31.8. The van der Waals surface area contributed by atoms with E-state index in [0.717, 1.165) is 25.0 Å². The van der Waals surface area contributed by atoms with Gasteiger partial charge in [0.25, 0.3) is 0 Å². The van der Waals surface area contributed by atoms with E-state index >= 15 is 0 Å². The molecule has 6 atom stereocenters. The molecular formula is C24H29ClN6O6S. The van der Waals surface area contributed by atoms with E-state index in [1.54, 1.807) is 16.8 Å². The Balaban J connectivity index is 1.05. The second-order valence-corrected chi connectivity index (χ2v) is 11.2. The van der Waals surface area contributed by atoms with Crippen LogP contribution < -0.4 is 16.4 Å². The number of nitrogens with zero attached hydrogens (tertiary/aromatic N) is 3. The molecule has 5 N–H and O–H groups in total. The van der Waals surface area contributed by atoms with E-state index in [9.17, 15) is 14.7 Å². The molecule has 0 spiro atoms. The van der Waals surface area contributed by atoms with Crippen LogP contribution in [0.1, 0.15) is 38.3 Å². The van der Waals surface area contributed by atoms with Gasteiger partial charge in [0.05, 0.1) is 24.1 Å². The highest BCUT2D eigenvalue weighted by molar-refractivity contribution is 8.00. The van der Waals surface area contributed by atoms with Crippen molar-refractivity contribution >= 4 is 52.4 Å². The van der Waals surface area contributed by atoms with E-state index in [2.05, 4.69) is 26.5 Å². The summed E-state index contributed by atoms with van der Waals surface area (Å²) < 4.78 is 18.0. The molecule has 3 fully saturated rings. The number of carbonyl (C=O) groups is 2. The number of hydrogen-bond donors (Lipinski definition) is 4. The number of nitrogen functional groups attached to an aromatic ring is 1. The molecule has 0 unspecified atom stereocenters. The third-order valence-electron chi connectivity index (χ3n) is 7.13. The third-order valence-corrected chi connectivity index (χ3v) is 8.81. The van der Waals surface area contributed by atoms with Crippen molar-refractivity contribution in [3.63, 3.8) is 0 Å². The zero-order chi connectivity index (χ0) is 26.9. The summed E-state index contributed by atoms with van der Waals surface area (Å²) in [6, 6.07) is 2.04. The number of anilines is 1. The van der Waals surface area contributed by atoms with Crippen molar-refractivity contribution < 1.29 is 28.9 Å². The molecule has 0 radical (unpaired) electrons. The van der Waals surface area contributed by atoms with Crippen LogP contribution in [0.15, 0.2) is 12.3 Å². The lowest BCUT2D eigenvalue weighted by molar-refractivity contribution is -0.0979. The highest BCUT2D eigenvalue weighted by atomic mass is 35.5. The Bertz CT molecular complexity index is 1250. The van der Waals surface area contributed by atoms with Gasteiger partial charge in [0, 0.05) is 23.6 Å². The van der Waals surface area contributed by atoms with Crippen LogP contribution in [0, 0.1) is 12.3 Å². The van der Waals surface area contributed by atoms with E-state index in [0.29, 0.717) is 22.7 Å². The molecule has 204 valence electrons. The van der Waals surface area contributed by atoms with Crippen molar-refractivity contribution in [3.05, 3.63) is 17.5 Å². The van der Waals surface area contributed by atoms with Gasteiger partial charge in [-0.2, -0.15) is 16.7 Å². The lowest BCUT2D eigenvalue weighted by Crippen LogP contribution is -2.43. The third kappa shape index (κ3) is 5.31. The predicted molar refractivity (Wildman–Crippen MR) is 141 cm³/mol. The molecule has 2 amide bonds. The molecule has 2 aromatic rings. The average Bonchev–Trinajstić information content (AvgIpc) is 3.63. The van der Waals surface area contributed by atoms with Gasteiger partial charge in [-0.3, -0.25) is 0 Å². The van der Waals surface area contributed by atoms with Gasteiger partial charge >= 0.3 is 12.2 Å². The molecule has 0 bridgehead atoms. The summed E-state index contributed by atoms with van der Waals surface area (Å²) in [6.07, 6.45) is 8.35. The fourth-order valence-corrected chi connectivity index (χ4v) is 6.83. The lowest BCUT2D eigenvalue weighted by atomic mass is 9.99. The predicted octanol–water partition coefficient (Wildman–Crippen LogP) is 2.20. The van der Waals surface area contributed by atoms with Crippen LogP contribution >= 0.6 is 23.4 Å². The number of urea groups is 1. The number of aliphatic hydroxyl groups excluding tert-OH is 1. The fourth-order valence-electron chi connectivity index (χ4n) is 5.12. The van der Waals surface area contributed by atoms with Crippen molar-refractivity contribution in [1.29, 1.82) is 0 Å². The largest absolute Gasteiger partial charge is 0.508 e. The van der Waals surface area contributed by atoms with Gasteiger partial charge in [0.2, 0.25) is 5.28 Å². The number of nitrogens with two attached hydrogens (primary N) is 1. The minimum Gasteiger partial charge on any atom is -0.434 e. The number of ether oxygens (including phenoxy) is 3. The summed E-state index contributed by atoms with van der Waals surface area (Å²) in [5.74, 6) is 3.59. The minimum absolute atomic E-state index is 0.0199. The second kappa shape index (κ2) is 11.1. The van der Waals surface area contributed by atoms with Gasteiger partial charge in [-0.05, 0) is 30.5 Å². The Kier molecular flexibility index (Phi) is 7.76. The molecule has 14 heteroatoms. The number of aliphatic hydroxyl groups is 1. The highest BCUT2D eigenvalue weighted by Crippen LogP contribution is 2.39. The molecule has 38 heavy (non-hydrogen) atoms. The standard InChI is InChI=1S/C24H29ClN6O6S/c1-2-24(16(32)10-17(37-24)31-8-7-13-19(26)29-21(25)30-20(13)31)12-36-23(34)35-9-5-3-4-6-15-18-14(11-38-15)27-22(33)28-18/h1,7-8,14-18,32H,3-6,9-12H2,(H2,26,29,30)(H2,27,28,33)/t14-,15-,16-,17+,18-,24+/m0/s1. The lowest BCUT2D eigenvalue weighted by Gasteiger charge is -2.26. The highest BCUT2D eigenvalue weighted by Gasteiger charge is 2.49. The van der Waals surface area contributed by atoms with Crippen LogP contribution in [0.2, 0.25) is 5.28 Å². The molecule has 3 aliphatic rings. The average molecular weight is 565 g/mol. The number of aromatic nitrogens is 3. The van der Waals surface area contributed by atoms with Crippen LogP contribution in [0.4, 0.5) is 15.4 Å². The second-order valence-electron chi connectivity index (χ2n) is 9.55. The zero-order valence-corrected chi connectivity index (χ0v) is 22.0. The minimum atomic E-state index is -1.55. The zero-order valence-electron chi connectivity index (χ0n) is 20.5. The first-order valence-corrected chi connectivity index (χ1v) is 13.8. The Morgan fingerprint density at radius 3 is 3.03 bits per heavy atom. The summed E-state index contributed by atoms with van der Waals surface area (Å²) >= 11 is 7.83. The molecule has 5 heterocycles. The number of terminal acetylenes is 1. The molecule has 0 saturated carbocycles. The molecular weight excluding hydrogens is 536 g/mol. The molecule has 0 aromatic carbocycles. The molecule has 3 saturated heterocycles. The Labute approximate surface area is 228 Å². The van der Waals surface area contributed by atoms with E-state index in [1.165, 1.54) is 0 Å². The quantitative estimate of drug-likeness (QED) is 0.117. The summed E-state index contributed by atoms with van der Waals surface area (Å²) in [5, 5.41) is 17.6. The normalized spacial score (nSPS) is 30.0. The maximum atomic E-state index is 12.2. The molecule has 12 nitrogen and oxygen atoms in total. The van der Waals surface area contributed by atoms with Gasteiger partial charge in [-0.1, -0.05) is 18.8 Å². The topological polar surface area (TPSA) is 163 Å². The monoisotopic (exact) mass is 564 g/mol. The maximum absolute atomic E-state index is 12.2. The van der Waals surface area contributed by atoms with E-state index in [4.69, 9.17) is 38.0 Å². The first-order chi connectivity index (χ1) is 18.3. The van der Waals surface area contributed by atoms with E-state index in [1.807, 2.05) is 11.8 Å². The molecule has 2 aromatic heterocycles. The first-order valence-electron chi connectivity index (χ1n) is 12.4. The van der Waals surface area contributed by atoms with Crippen molar-refractivity contribution in [2.24, 2.45) is 0 Å². The number of halogens is 1. The molecule has 5 rings (SSSR count). The van der Waals surface area contributed by atoms with Crippen LogP contribution in [-0.4, -0.2) is 79.8 Å². The number of nitrogens with one attached hydrogen (secondary N) is 2. The number of fused-ring (bicyclic) bond motifs is 2. The molecule has 3 aliphatic heterocycles. The SMILES string of the molecule is C#C[C@]1(COC(=O)OCCCCC[C@@H]2SC[C@@H]3NC(=O)N[C@@H]32)O[C@@H](n2ccc3c(N)nc(Cl)nc32)C[C@@H]1O. The van der Waals surface area contributed by atoms with Crippen LogP contribution in [0.5, 0.6) is 0 Å². The number of rotatable bonds is 9. The van der Waals surface area contributed by atoms with E-state index in [-0.39, 0.29) is 48.9 Å². The Morgan fingerprint density at radius 2 is 2.21 bits per heavy atom. The van der Waals surface area contributed by atoms with Crippen molar-refractivity contribution in [3.8, 4) is 12.3 Å². The van der Waals surface area contributed by atoms with Crippen LogP contribution in [0.25, 0.3) is 11.0 Å². The van der Waals surface area contributed by atoms with Gasteiger partial charge < -0.3 is 40.3 Å². The van der Waals surface area contributed by atoms with Gasteiger partial charge in [-0.25, -0.2) is 14.6 Å². The smallest absolute Gasteiger partial charge is 0.434 e. The van der Waals surface area contributed by atoms with Gasteiger partial charge in [-0.15, -0.1) is 6.42 Å². The number of unbranched alkanes of at least 4 members (excludes halogenated alkanes) is 2. The first kappa shape index (κ1) is 26.7. The molecule has 0 aliphatic carbocycles. The summed E-state index contributed by atoms with van der Waals surface area (Å²) in [7, 11) is 0. The van der Waals surface area contributed by atoms with Gasteiger partial charge in [0.1, 0.15) is 30.4 Å².